The van der Waals surface area contributed by atoms with Gasteiger partial charge >= 0.3 is 0 Å². The minimum absolute atomic E-state index is 0.214. The van der Waals surface area contributed by atoms with Crippen molar-refractivity contribution >= 4 is 22.9 Å². The first-order valence-corrected chi connectivity index (χ1v) is 9.32. The Morgan fingerprint density at radius 1 is 1.38 bits per heavy atom. The quantitative estimate of drug-likeness (QED) is 0.501. The Hall–Kier alpha value is -2.29. The highest BCUT2D eigenvalue weighted by Crippen LogP contribution is 2.27. The van der Waals surface area contributed by atoms with Gasteiger partial charge in [0.25, 0.3) is 10.3 Å². The van der Waals surface area contributed by atoms with Gasteiger partial charge in [0.05, 0.1) is 6.04 Å². The van der Waals surface area contributed by atoms with Crippen LogP contribution >= 0.6 is 11.8 Å². The van der Waals surface area contributed by atoms with E-state index in [1.165, 1.54) is 0 Å². The average molecular weight is 381 g/mol. The molecule has 0 radical (unpaired) electrons. The largest absolute Gasteiger partial charge is 0.350 e. The number of carbonyl (C=O) groups excluding carboxylic acids is 2. The van der Waals surface area contributed by atoms with Crippen molar-refractivity contribution < 1.29 is 19.5 Å². The molecule has 0 saturated carbocycles. The van der Waals surface area contributed by atoms with Gasteiger partial charge in [0.15, 0.2) is 0 Å². The van der Waals surface area contributed by atoms with Gasteiger partial charge in [0.2, 0.25) is 5.91 Å². The van der Waals surface area contributed by atoms with Crippen molar-refractivity contribution in [3.8, 4) is 0 Å². The molecular formula is C17H23N3O5S. The minimum atomic E-state index is -0.870. The Balaban J connectivity index is 2.01. The van der Waals surface area contributed by atoms with E-state index in [2.05, 4.69) is 15.5 Å². The standard InChI is InChI=1S/C17H23N3O5S/c1-11(2)8-13(10-25-20(23)24)18-16(21)15-14(26-17(22)19-15)9-12-6-4-3-5-7-12/h3-7,11,13-15H,8-10H2,1-2H3,(H,18,21)(H,19,22)/t13-,14?,15-/m0/s1. The number of nitrogens with one attached hydrogen (secondary N) is 2. The summed E-state index contributed by atoms with van der Waals surface area (Å²) >= 11 is 1.11. The molecule has 142 valence electrons. The summed E-state index contributed by atoms with van der Waals surface area (Å²) in [6, 6.07) is 8.45. The molecule has 1 aromatic carbocycles. The summed E-state index contributed by atoms with van der Waals surface area (Å²) in [6.45, 7) is 3.70. The van der Waals surface area contributed by atoms with Gasteiger partial charge in [0, 0.05) is 5.25 Å². The van der Waals surface area contributed by atoms with Crippen molar-refractivity contribution in [1.82, 2.24) is 10.6 Å². The lowest BCUT2D eigenvalue weighted by Gasteiger charge is -2.23. The molecule has 1 saturated heterocycles. The fourth-order valence-electron chi connectivity index (χ4n) is 2.88. The zero-order valence-electron chi connectivity index (χ0n) is 14.7. The summed E-state index contributed by atoms with van der Waals surface area (Å²) in [6.07, 6.45) is 1.11. The summed E-state index contributed by atoms with van der Waals surface area (Å²) < 4.78 is 0. The van der Waals surface area contributed by atoms with Crippen molar-refractivity contribution in [2.75, 3.05) is 6.61 Å². The average Bonchev–Trinajstić information content (AvgIpc) is 2.93. The van der Waals surface area contributed by atoms with Gasteiger partial charge in [-0.2, -0.15) is 0 Å². The van der Waals surface area contributed by atoms with Crippen LogP contribution in [0.4, 0.5) is 4.79 Å². The molecule has 1 aliphatic heterocycles. The summed E-state index contributed by atoms with van der Waals surface area (Å²) in [7, 11) is 0. The zero-order chi connectivity index (χ0) is 19.1. The molecule has 1 aromatic rings. The van der Waals surface area contributed by atoms with E-state index in [0.717, 1.165) is 17.3 Å². The highest BCUT2D eigenvalue weighted by atomic mass is 32.2. The van der Waals surface area contributed by atoms with Crippen LogP contribution in [-0.2, 0) is 16.1 Å². The SMILES string of the molecule is CC(C)C[C@@H](CO[N+](=O)[O-])NC(=O)[C@H]1NC(=O)SC1Cc1ccccc1. The van der Waals surface area contributed by atoms with Crippen molar-refractivity contribution in [3.05, 3.63) is 46.0 Å². The fourth-order valence-corrected chi connectivity index (χ4v) is 3.95. The van der Waals surface area contributed by atoms with E-state index in [9.17, 15) is 19.7 Å². The molecule has 1 fully saturated rings. The molecule has 0 bridgehead atoms. The van der Waals surface area contributed by atoms with Crippen LogP contribution in [-0.4, -0.2) is 40.2 Å². The first-order valence-electron chi connectivity index (χ1n) is 8.44. The molecule has 2 N–H and O–H groups in total. The molecule has 2 amide bonds. The Morgan fingerprint density at radius 2 is 2.08 bits per heavy atom. The van der Waals surface area contributed by atoms with Crippen LogP contribution < -0.4 is 10.6 Å². The van der Waals surface area contributed by atoms with Crippen LogP contribution in [0.25, 0.3) is 0 Å². The van der Waals surface area contributed by atoms with E-state index in [-0.39, 0.29) is 28.9 Å². The molecule has 0 aromatic heterocycles. The monoisotopic (exact) mass is 381 g/mol. The van der Waals surface area contributed by atoms with Gasteiger partial charge in [0.1, 0.15) is 12.6 Å². The second-order valence-corrected chi connectivity index (χ2v) is 7.82. The lowest BCUT2D eigenvalue weighted by atomic mass is 10.0. The predicted molar refractivity (Wildman–Crippen MR) is 98.2 cm³/mol. The van der Waals surface area contributed by atoms with E-state index in [0.29, 0.717) is 12.8 Å². The zero-order valence-corrected chi connectivity index (χ0v) is 15.5. The van der Waals surface area contributed by atoms with Crippen LogP contribution in [0.2, 0.25) is 0 Å². The number of rotatable bonds is 9. The summed E-state index contributed by atoms with van der Waals surface area (Å²) in [5.74, 6) is -0.120. The normalized spacial score (nSPS) is 20.5. The molecular weight excluding hydrogens is 358 g/mol. The van der Waals surface area contributed by atoms with E-state index in [1.54, 1.807) is 0 Å². The Morgan fingerprint density at radius 3 is 2.69 bits per heavy atom. The number of thioether (sulfide) groups is 1. The van der Waals surface area contributed by atoms with Crippen LogP contribution in [0.5, 0.6) is 0 Å². The summed E-state index contributed by atoms with van der Waals surface area (Å²) in [5, 5.41) is 14.6. The summed E-state index contributed by atoms with van der Waals surface area (Å²) in [5.41, 5.74) is 1.04. The maximum atomic E-state index is 12.7. The maximum Gasteiger partial charge on any atom is 0.294 e. The third-order valence-corrected chi connectivity index (χ3v) is 5.02. The van der Waals surface area contributed by atoms with Crippen molar-refractivity contribution in [2.45, 2.75) is 44.0 Å². The molecule has 1 unspecified atom stereocenters. The summed E-state index contributed by atoms with van der Waals surface area (Å²) in [4.78, 5) is 39.3. The van der Waals surface area contributed by atoms with Gasteiger partial charge in [-0.15, -0.1) is 10.1 Å². The second-order valence-electron chi connectivity index (χ2n) is 6.61. The van der Waals surface area contributed by atoms with Crippen LogP contribution in [0, 0.1) is 16.0 Å². The molecule has 26 heavy (non-hydrogen) atoms. The van der Waals surface area contributed by atoms with Crippen LogP contribution in [0.15, 0.2) is 30.3 Å². The van der Waals surface area contributed by atoms with Crippen molar-refractivity contribution in [1.29, 1.82) is 0 Å². The topological polar surface area (TPSA) is 111 Å². The molecule has 8 nitrogen and oxygen atoms in total. The number of hydrogen-bond acceptors (Lipinski definition) is 6. The molecule has 3 atom stereocenters. The second kappa shape index (κ2) is 9.42. The predicted octanol–water partition coefficient (Wildman–Crippen LogP) is 2.16. The molecule has 1 heterocycles. The van der Waals surface area contributed by atoms with Crippen molar-refractivity contribution in [3.63, 3.8) is 0 Å². The smallest absolute Gasteiger partial charge is 0.294 e. The lowest BCUT2D eigenvalue weighted by molar-refractivity contribution is -0.758. The maximum absolute atomic E-state index is 12.7. The van der Waals surface area contributed by atoms with E-state index < -0.39 is 17.2 Å². The van der Waals surface area contributed by atoms with E-state index in [4.69, 9.17) is 0 Å². The number of amides is 2. The number of nitrogens with zero attached hydrogens (tertiary/aromatic N) is 1. The van der Waals surface area contributed by atoms with E-state index >= 15 is 0 Å². The third kappa shape index (κ3) is 6.21. The first kappa shape index (κ1) is 20.0. The molecule has 0 aliphatic carbocycles. The van der Waals surface area contributed by atoms with Crippen LogP contribution in [0.1, 0.15) is 25.8 Å². The Kier molecular flexibility index (Phi) is 7.26. The minimum Gasteiger partial charge on any atom is -0.350 e. The molecule has 1 aliphatic rings. The highest BCUT2D eigenvalue weighted by Gasteiger charge is 2.38. The molecule has 9 heteroatoms. The number of carbonyl (C=O) groups is 2. The first-order chi connectivity index (χ1) is 12.3. The van der Waals surface area contributed by atoms with Gasteiger partial charge in [-0.1, -0.05) is 55.9 Å². The highest BCUT2D eigenvalue weighted by molar-refractivity contribution is 8.14. The van der Waals surface area contributed by atoms with Gasteiger partial charge in [-0.05, 0) is 24.3 Å². The van der Waals surface area contributed by atoms with Crippen LogP contribution in [0.3, 0.4) is 0 Å². The lowest BCUT2D eigenvalue weighted by Crippen LogP contribution is -2.51. The number of hydrogen-bond donors (Lipinski definition) is 2. The van der Waals surface area contributed by atoms with Crippen molar-refractivity contribution in [2.24, 2.45) is 5.92 Å². The third-order valence-electron chi connectivity index (χ3n) is 3.95. The molecule has 2 rings (SSSR count). The number of benzene rings is 1. The van der Waals surface area contributed by atoms with Gasteiger partial charge in [-0.25, -0.2) is 0 Å². The Labute approximate surface area is 156 Å². The molecule has 0 spiro atoms. The van der Waals surface area contributed by atoms with Gasteiger partial charge in [-0.3, -0.25) is 9.59 Å². The van der Waals surface area contributed by atoms with E-state index in [1.807, 2.05) is 44.2 Å². The fraction of sp³-hybridized carbons (Fsp3) is 0.529. The Bertz CT molecular complexity index is 641. The van der Waals surface area contributed by atoms with Gasteiger partial charge < -0.3 is 15.5 Å².